The van der Waals surface area contributed by atoms with E-state index < -0.39 is 10.5 Å². The Morgan fingerprint density at radius 3 is 2.14 bits per heavy atom. The number of carbonyl (C=O) groups is 2. The van der Waals surface area contributed by atoms with Crippen LogP contribution in [0.3, 0.4) is 0 Å². The van der Waals surface area contributed by atoms with Crippen LogP contribution in [0.1, 0.15) is 20.7 Å². The summed E-state index contributed by atoms with van der Waals surface area (Å²) in [5.41, 5.74) is 2.53. The van der Waals surface area contributed by atoms with E-state index in [2.05, 4.69) is 4.98 Å². The molecule has 2 aromatic carbocycles. The fraction of sp³-hybridized carbons (Fsp3) is 0. The second kappa shape index (κ2) is 5.31. The average Bonchev–Trinajstić information content (AvgIpc) is 2.90. The summed E-state index contributed by atoms with van der Waals surface area (Å²) in [6.07, 6.45) is 0. The Bertz CT molecular complexity index is 853. The molecule has 6 heteroatoms. The maximum absolute atomic E-state index is 11.1. The van der Waals surface area contributed by atoms with Gasteiger partial charge in [-0.1, -0.05) is 0 Å². The first-order valence-electron chi connectivity index (χ1n) is 5.95. The predicted molar refractivity (Wildman–Crippen MR) is 79.8 cm³/mol. The van der Waals surface area contributed by atoms with Crippen LogP contribution < -0.4 is 0 Å². The SMILES string of the molecule is O=C(Cl)c1ccc(-c2nc3cc(C(=O)Cl)ccc3o2)cc1. The Kier molecular flexibility index (Phi) is 3.49. The highest BCUT2D eigenvalue weighted by Gasteiger charge is 2.11. The normalized spacial score (nSPS) is 10.8. The summed E-state index contributed by atoms with van der Waals surface area (Å²) in [6.45, 7) is 0. The van der Waals surface area contributed by atoms with E-state index in [9.17, 15) is 9.59 Å². The van der Waals surface area contributed by atoms with E-state index in [0.717, 1.165) is 0 Å². The van der Waals surface area contributed by atoms with Gasteiger partial charge in [0.15, 0.2) is 5.58 Å². The van der Waals surface area contributed by atoms with Crippen molar-refractivity contribution >= 4 is 44.8 Å². The average molecular weight is 320 g/mol. The summed E-state index contributed by atoms with van der Waals surface area (Å²) >= 11 is 10.8. The maximum atomic E-state index is 11.1. The molecular weight excluding hydrogens is 313 g/mol. The fourth-order valence-corrected chi connectivity index (χ4v) is 2.16. The Balaban J connectivity index is 2.04. The molecule has 0 bridgehead atoms. The predicted octanol–water partition coefficient (Wildman–Crippen LogP) is 4.25. The van der Waals surface area contributed by atoms with Crippen molar-refractivity contribution in [1.29, 1.82) is 0 Å². The summed E-state index contributed by atoms with van der Waals surface area (Å²) in [5.74, 6) is 0.387. The summed E-state index contributed by atoms with van der Waals surface area (Å²) < 4.78 is 5.61. The lowest BCUT2D eigenvalue weighted by molar-refractivity contribution is 0.107. The Labute approximate surface area is 129 Å². The molecule has 0 radical (unpaired) electrons. The summed E-state index contributed by atoms with van der Waals surface area (Å²) in [7, 11) is 0. The molecule has 0 saturated carbocycles. The molecular formula is C15H7Cl2NO3. The molecule has 1 aromatic heterocycles. The minimum atomic E-state index is -0.550. The molecule has 0 aliphatic carbocycles. The molecule has 0 aliphatic rings. The highest BCUT2D eigenvalue weighted by Crippen LogP contribution is 2.25. The van der Waals surface area contributed by atoms with Crippen LogP contribution in [0.5, 0.6) is 0 Å². The molecule has 0 amide bonds. The number of carbonyl (C=O) groups excluding carboxylic acids is 2. The molecule has 3 rings (SSSR count). The second-order valence-corrected chi connectivity index (χ2v) is 5.01. The van der Waals surface area contributed by atoms with E-state index in [1.165, 1.54) is 0 Å². The minimum absolute atomic E-state index is 0.354. The lowest BCUT2D eigenvalue weighted by atomic mass is 10.1. The van der Waals surface area contributed by atoms with E-state index in [1.54, 1.807) is 42.5 Å². The van der Waals surface area contributed by atoms with Gasteiger partial charge < -0.3 is 4.42 Å². The smallest absolute Gasteiger partial charge is 0.252 e. The third-order valence-corrected chi connectivity index (χ3v) is 3.41. The molecule has 0 atom stereocenters. The van der Waals surface area contributed by atoms with E-state index in [-0.39, 0.29) is 0 Å². The van der Waals surface area contributed by atoms with E-state index in [0.29, 0.717) is 33.7 Å². The lowest BCUT2D eigenvalue weighted by Crippen LogP contribution is -1.88. The zero-order valence-corrected chi connectivity index (χ0v) is 12.0. The van der Waals surface area contributed by atoms with Crippen molar-refractivity contribution in [2.45, 2.75) is 0 Å². The van der Waals surface area contributed by atoms with Crippen LogP contribution in [0.2, 0.25) is 0 Å². The van der Waals surface area contributed by atoms with Crippen LogP contribution in [0.4, 0.5) is 0 Å². The number of benzene rings is 2. The largest absolute Gasteiger partial charge is 0.436 e. The number of nitrogens with zero attached hydrogens (tertiary/aromatic N) is 1. The van der Waals surface area contributed by atoms with Gasteiger partial charge in [0.1, 0.15) is 5.52 Å². The molecule has 0 aliphatic heterocycles. The molecule has 4 nitrogen and oxygen atoms in total. The van der Waals surface area contributed by atoms with Crippen molar-refractivity contribution in [2.24, 2.45) is 0 Å². The first kappa shape index (κ1) is 13.8. The fourth-order valence-electron chi connectivity index (χ4n) is 1.92. The van der Waals surface area contributed by atoms with Gasteiger partial charge in [0, 0.05) is 16.7 Å². The standard InChI is InChI=1S/C15H7Cl2NO3/c16-13(19)8-1-3-9(4-2-8)15-18-11-7-10(14(17)20)5-6-12(11)21-15/h1-7H. The van der Waals surface area contributed by atoms with Crippen LogP contribution in [0.25, 0.3) is 22.6 Å². The molecule has 0 unspecified atom stereocenters. The topological polar surface area (TPSA) is 60.2 Å². The van der Waals surface area contributed by atoms with Gasteiger partial charge in [0.2, 0.25) is 5.89 Å². The minimum Gasteiger partial charge on any atom is -0.436 e. The lowest BCUT2D eigenvalue weighted by Gasteiger charge is -1.96. The third kappa shape index (κ3) is 2.68. The molecule has 3 aromatic rings. The van der Waals surface area contributed by atoms with Crippen molar-refractivity contribution in [3.63, 3.8) is 0 Å². The van der Waals surface area contributed by atoms with Crippen molar-refractivity contribution in [1.82, 2.24) is 4.98 Å². The number of hydrogen-bond donors (Lipinski definition) is 0. The van der Waals surface area contributed by atoms with Gasteiger partial charge in [-0.15, -0.1) is 0 Å². The molecule has 1 heterocycles. The molecule has 0 saturated heterocycles. The first-order valence-corrected chi connectivity index (χ1v) is 6.71. The molecule has 104 valence electrons. The van der Waals surface area contributed by atoms with E-state index in [1.807, 2.05) is 0 Å². The van der Waals surface area contributed by atoms with E-state index >= 15 is 0 Å². The van der Waals surface area contributed by atoms with Crippen molar-refractivity contribution in [2.75, 3.05) is 0 Å². The van der Waals surface area contributed by atoms with Crippen LogP contribution in [-0.2, 0) is 0 Å². The zero-order valence-electron chi connectivity index (χ0n) is 10.5. The number of aromatic nitrogens is 1. The van der Waals surface area contributed by atoms with Crippen LogP contribution >= 0.6 is 23.2 Å². The number of fused-ring (bicyclic) bond motifs is 1. The molecule has 21 heavy (non-hydrogen) atoms. The Hall–Kier alpha value is -2.17. The van der Waals surface area contributed by atoms with Crippen LogP contribution in [0.15, 0.2) is 46.9 Å². The molecule has 0 spiro atoms. The van der Waals surface area contributed by atoms with Gasteiger partial charge >= 0.3 is 0 Å². The summed E-state index contributed by atoms with van der Waals surface area (Å²) in [5, 5.41) is -1.07. The monoisotopic (exact) mass is 319 g/mol. The third-order valence-electron chi connectivity index (χ3n) is 2.97. The summed E-state index contributed by atoms with van der Waals surface area (Å²) in [6, 6.07) is 11.3. The molecule has 0 fully saturated rings. The Morgan fingerprint density at radius 1 is 0.905 bits per heavy atom. The van der Waals surface area contributed by atoms with Crippen molar-refractivity contribution < 1.29 is 14.0 Å². The van der Waals surface area contributed by atoms with Gasteiger partial charge in [0.05, 0.1) is 0 Å². The van der Waals surface area contributed by atoms with Gasteiger partial charge in [-0.25, -0.2) is 4.98 Å². The highest BCUT2D eigenvalue weighted by atomic mass is 35.5. The quantitative estimate of drug-likeness (QED) is 0.677. The van der Waals surface area contributed by atoms with E-state index in [4.69, 9.17) is 27.6 Å². The number of halogens is 2. The first-order chi connectivity index (χ1) is 10.0. The van der Waals surface area contributed by atoms with Crippen molar-refractivity contribution in [3.05, 3.63) is 53.6 Å². The van der Waals surface area contributed by atoms with Crippen LogP contribution in [-0.4, -0.2) is 15.5 Å². The van der Waals surface area contributed by atoms with Gasteiger partial charge in [-0.2, -0.15) is 0 Å². The van der Waals surface area contributed by atoms with Crippen LogP contribution in [0, 0.1) is 0 Å². The number of rotatable bonds is 3. The molecule has 0 N–H and O–H groups in total. The van der Waals surface area contributed by atoms with Gasteiger partial charge in [-0.05, 0) is 65.7 Å². The number of oxazole rings is 1. The number of hydrogen-bond acceptors (Lipinski definition) is 4. The second-order valence-electron chi connectivity index (χ2n) is 4.33. The van der Waals surface area contributed by atoms with Crippen molar-refractivity contribution in [3.8, 4) is 11.5 Å². The van der Waals surface area contributed by atoms with Gasteiger partial charge in [-0.3, -0.25) is 9.59 Å². The Morgan fingerprint density at radius 2 is 1.52 bits per heavy atom. The summed E-state index contributed by atoms with van der Waals surface area (Å²) in [4.78, 5) is 26.5. The van der Waals surface area contributed by atoms with Gasteiger partial charge in [0.25, 0.3) is 10.5 Å². The highest BCUT2D eigenvalue weighted by molar-refractivity contribution is 6.68. The zero-order chi connectivity index (χ0) is 15.0. The maximum Gasteiger partial charge on any atom is 0.252 e.